The van der Waals surface area contributed by atoms with Crippen LogP contribution >= 0.6 is 0 Å². The Labute approximate surface area is 214 Å². The van der Waals surface area contributed by atoms with Gasteiger partial charge in [-0.25, -0.2) is 0 Å². The molecule has 1 heterocycles. The zero-order chi connectivity index (χ0) is 26.9. The van der Waals surface area contributed by atoms with Crippen molar-refractivity contribution in [3.05, 3.63) is 30.3 Å². The summed E-state index contributed by atoms with van der Waals surface area (Å²) in [4.78, 5) is 16.6. The highest BCUT2D eigenvalue weighted by Crippen LogP contribution is 2.42. The minimum atomic E-state index is -0.760. The molecule has 1 aromatic heterocycles. The molecule has 0 aliphatic carbocycles. The number of ether oxygens (including phenoxy) is 4. The van der Waals surface area contributed by atoms with Crippen molar-refractivity contribution in [3.63, 3.8) is 0 Å². The van der Waals surface area contributed by atoms with Crippen molar-refractivity contribution >= 4 is 17.6 Å². The number of nitrogens with one attached hydrogen (secondary N) is 2. The predicted molar refractivity (Wildman–Crippen MR) is 140 cm³/mol. The Kier molecular flexibility index (Phi) is 9.11. The van der Waals surface area contributed by atoms with E-state index >= 15 is 0 Å². The van der Waals surface area contributed by atoms with Crippen molar-refractivity contribution in [2.24, 2.45) is 22.2 Å². The number of aromatic amines is 1. The van der Waals surface area contributed by atoms with Crippen LogP contribution in [0.15, 0.2) is 35.3 Å². The number of guanidine groups is 1. The lowest BCUT2D eigenvalue weighted by Crippen LogP contribution is -2.35. The molecule has 1 amide bonds. The van der Waals surface area contributed by atoms with Crippen molar-refractivity contribution in [2.45, 2.75) is 18.9 Å². The Bertz CT molecular complexity index is 1230. The Morgan fingerprint density at radius 1 is 0.946 bits per heavy atom. The first-order valence-corrected chi connectivity index (χ1v) is 11.3. The first kappa shape index (κ1) is 27.1. The minimum Gasteiger partial charge on any atom is -0.495 e. The fraction of sp³-hybridized carbons (Fsp3) is 0.333. The SMILES string of the molecule is COc1ccc(-c2n[nH]nc2-c2cc(OC)c(OC)c(OC)c2)cc1NC(=O)C(N)CCCN=C(N)N. The van der Waals surface area contributed by atoms with Crippen molar-refractivity contribution in [1.82, 2.24) is 15.4 Å². The smallest absolute Gasteiger partial charge is 0.241 e. The van der Waals surface area contributed by atoms with Gasteiger partial charge in [-0.05, 0) is 43.2 Å². The molecule has 0 saturated carbocycles. The third kappa shape index (κ3) is 6.38. The molecule has 3 rings (SSSR count). The summed E-state index contributed by atoms with van der Waals surface area (Å²) in [5.74, 6) is 1.50. The molecule has 13 heteroatoms. The molecule has 13 nitrogen and oxygen atoms in total. The van der Waals surface area contributed by atoms with Gasteiger partial charge in [-0.15, -0.1) is 0 Å². The number of hydrogen-bond acceptors (Lipinski definition) is 9. The average molecular weight is 513 g/mol. The van der Waals surface area contributed by atoms with Gasteiger partial charge >= 0.3 is 0 Å². The van der Waals surface area contributed by atoms with Crippen LogP contribution in [0, 0.1) is 0 Å². The fourth-order valence-corrected chi connectivity index (χ4v) is 3.68. The molecule has 198 valence electrons. The van der Waals surface area contributed by atoms with Gasteiger partial charge in [0, 0.05) is 17.7 Å². The standard InChI is InChI=1S/C24H32N8O5/c1-34-17-8-7-13(10-16(17)29-23(33)15(25)6-5-9-28-24(26)27)20-21(31-32-30-20)14-11-18(35-2)22(37-4)19(12-14)36-3/h7-8,10-12,15H,5-6,9,25H2,1-4H3,(H,29,33)(H4,26,27,28)(H,30,31,32). The van der Waals surface area contributed by atoms with E-state index in [0.717, 1.165) is 0 Å². The Morgan fingerprint density at radius 3 is 2.14 bits per heavy atom. The molecule has 1 unspecified atom stereocenters. The van der Waals surface area contributed by atoms with E-state index in [9.17, 15) is 4.79 Å². The highest BCUT2D eigenvalue weighted by atomic mass is 16.5. The maximum atomic E-state index is 12.7. The maximum absolute atomic E-state index is 12.7. The molecule has 0 spiro atoms. The number of nitrogens with zero attached hydrogens (tertiary/aromatic N) is 3. The Hall–Kier alpha value is -4.52. The van der Waals surface area contributed by atoms with Gasteiger partial charge in [-0.2, -0.15) is 15.4 Å². The highest BCUT2D eigenvalue weighted by molar-refractivity contribution is 5.97. The monoisotopic (exact) mass is 512 g/mol. The number of benzene rings is 2. The number of anilines is 1. The number of H-pyrrole nitrogens is 1. The maximum Gasteiger partial charge on any atom is 0.241 e. The van der Waals surface area contributed by atoms with Crippen LogP contribution in [0.4, 0.5) is 5.69 Å². The molecule has 0 bridgehead atoms. The number of hydrogen-bond donors (Lipinski definition) is 5. The molecular weight excluding hydrogens is 480 g/mol. The van der Waals surface area contributed by atoms with Crippen LogP contribution in [-0.4, -0.2) is 68.3 Å². The van der Waals surface area contributed by atoms with E-state index in [1.54, 1.807) is 24.3 Å². The summed E-state index contributed by atoms with van der Waals surface area (Å²) in [5.41, 5.74) is 19.6. The number of amides is 1. The van der Waals surface area contributed by atoms with Gasteiger partial charge in [0.05, 0.1) is 40.2 Å². The van der Waals surface area contributed by atoms with E-state index in [1.807, 2.05) is 6.07 Å². The third-order valence-corrected chi connectivity index (χ3v) is 5.52. The summed E-state index contributed by atoms with van der Waals surface area (Å²) >= 11 is 0. The molecule has 0 saturated heterocycles. The largest absolute Gasteiger partial charge is 0.495 e. The van der Waals surface area contributed by atoms with Crippen molar-refractivity contribution < 1.29 is 23.7 Å². The van der Waals surface area contributed by atoms with E-state index in [4.69, 9.17) is 36.1 Å². The molecule has 0 radical (unpaired) electrons. The molecule has 0 aliphatic rings. The lowest BCUT2D eigenvalue weighted by molar-refractivity contribution is -0.117. The number of aromatic nitrogens is 3. The molecule has 8 N–H and O–H groups in total. The quantitative estimate of drug-likeness (QED) is 0.135. The van der Waals surface area contributed by atoms with Crippen LogP contribution in [0.2, 0.25) is 0 Å². The Morgan fingerprint density at radius 2 is 1.57 bits per heavy atom. The number of carbonyl (C=O) groups excluding carboxylic acids is 1. The number of nitrogens with two attached hydrogens (primary N) is 3. The number of methoxy groups -OCH3 is 4. The molecule has 37 heavy (non-hydrogen) atoms. The molecule has 0 fully saturated rings. The van der Waals surface area contributed by atoms with Gasteiger partial charge in [-0.1, -0.05) is 0 Å². The molecular formula is C24H32N8O5. The van der Waals surface area contributed by atoms with E-state index in [1.165, 1.54) is 28.4 Å². The minimum absolute atomic E-state index is 0.00155. The number of aliphatic imine (C=N–C) groups is 1. The summed E-state index contributed by atoms with van der Waals surface area (Å²) in [7, 11) is 6.12. The summed E-state index contributed by atoms with van der Waals surface area (Å²) in [6.07, 6.45) is 0.958. The van der Waals surface area contributed by atoms with Crippen LogP contribution in [0.25, 0.3) is 22.5 Å². The lowest BCUT2D eigenvalue weighted by Gasteiger charge is -2.15. The second kappa shape index (κ2) is 12.4. The van der Waals surface area contributed by atoms with Crippen LogP contribution in [0.1, 0.15) is 12.8 Å². The van der Waals surface area contributed by atoms with Gasteiger partial charge < -0.3 is 41.5 Å². The van der Waals surface area contributed by atoms with Gasteiger partial charge in [0.1, 0.15) is 17.1 Å². The lowest BCUT2D eigenvalue weighted by atomic mass is 10.0. The molecule has 0 aliphatic heterocycles. The van der Waals surface area contributed by atoms with Crippen LogP contribution in [0.5, 0.6) is 23.0 Å². The van der Waals surface area contributed by atoms with Crippen molar-refractivity contribution in [1.29, 1.82) is 0 Å². The second-order valence-electron chi connectivity index (χ2n) is 7.89. The van der Waals surface area contributed by atoms with Gasteiger partial charge in [-0.3, -0.25) is 9.79 Å². The average Bonchev–Trinajstić information content (AvgIpc) is 3.40. The van der Waals surface area contributed by atoms with Gasteiger partial charge in [0.15, 0.2) is 17.5 Å². The van der Waals surface area contributed by atoms with Crippen LogP contribution < -0.4 is 41.5 Å². The first-order valence-electron chi connectivity index (χ1n) is 11.3. The van der Waals surface area contributed by atoms with Crippen LogP contribution in [0.3, 0.4) is 0 Å². The number of carbonyl (C=O) groups is 1. The van der Waals surface area contributed by atoms with E-state index in [2.05, 4.69) is 25.7 Å². The zero-order valence-corrected chi connectivity index (χ0v) is 21.2. The highest BCUT2D eigenvalue weighted by Gasteiger charge is 2.21. The fourth-order valence-electron chi connectivity index (χ4n) is 3.68. The number of rotatable bonds is 12. The summed E-state index contributed by atoms with van der Waals surface area (Å²) in [6, 6.07) is 8.06. The normalized spacial score (nSPS) is 11.4. The zero-order valence-electron chi connectivity index (χ0n) is 21.2. The second-order valence-corrected chi connectivity index (χ2v) is 7.89. The van der Waals surface area contributed by atoms with E-state index < -0.39 is 6.04 Å². The summed E-state index contributed by atoms with van der Waals surface area (Å²) in [6.45, 7) is 0.387. The first-order chi connectivity index (χ1) is 17.8. The Balaban J connectivity index is 1.90. The molecule has 3 aromatic rings. The molecule has 2 aromatic carbocycles. The third-order valence-electron chi connectivity index (χ3n) is 5.52. The summed E-state index contributed by atoms with van der Waals surface area (Å²) < 4.78 is 21.8. The topological polar surface area (TPSA) is 198 Å². The van der Waals surface area contributed by atoms with Crippen molar-refractivity contribution in [2.75, 3.05) is 40.3 Å². The predicted octanol–water partition coefficient (Wildman–Crippen LogP) is 1.49. The van der Waals surface area contributed by atoms with E-state index in [-0.39, 0.29) is 11.9 Å². The van der Waals surface area contributed by atoms with Crippen molar-refractivity contribution in [3.8, 4) is 45.5 Å². The van der Waals surface area contributed by atoms with Crippen LogP contribution in [-0.2, 0) is 4.79 Å². The summed E-state index contributed by atoms with van der Waals surface area (Å²) in [5, 5.41) is 14.2. The van der Waals surface area contributed by atoms with Gasteiger partial charge in [0.2, 0.25) is 11.7 Å². The van der Waals surface area contributed by atoms with E-state index in [0.29, 0.717) is 70.6 Å². The van der Waals surface area contributed by atoms with Gasteiger partial charge in [0.25, 0.3) is 0 Å². The molecule has 1 atom stereocenters.